The van der Waals surface area contributed by atoms with Gasteiger partial charge in [-0.3, -0.25) is 52.7 Å². The van der Waals surface area contributed by atoms with Crippen LogP contribution in [0.3, 0.4) is 0 Å². The van der Waals surface area contributed by atoms with Gasteiger partial charge in [-0.2, -0.15) is 0 Å². The number of likely N-dealkylation sites (N-methyl/N-ethyl adjacent to an activating group) is 5. The van der Waals surface area contributed by atoms with E-state index in [2.05, 4.69) is 46.2 Å². The number of para-hydroxylation sites is 1. The van der Waals surface area contributed by atoms with Gasteiger partial charge in [0.25, 0.3) is 0 Å². The first kappa shape index (κ1) is 84.2. The summed E-state index contributed by atoms with van der Waals surface area (Å²) < 4.78 is 22.0. The summed E-state index contributed by atoms with van der Waals surface area (Å²) >= 11 is 6.28. The lowest BCUT2D eigenvalue weighted by Gasteiger charge is -2.38. The molecule has 0 unspecified atom stereocenters. The number of carboxylic acids is 2. The number of nitrogens with zero attached hydrogens (tertiary/aromatic N) is 9. The lowest BCUT2D eigenvalue weighted by Crippen LogP contribution is -2.61. The number of aliphatic hydroxyl groups is 1. The number of aliphatic hydroxyl groups excluding tert-OH is 1. The SMILES string of the molecule is CN[C@@H](CO)C(=O)N(C)[C@H](C(=O)N(C)[C@@H](Cc1cnc[nH]1)C(=O)N[C@@H](Cc1ccc(OC(C)(C)C)c(F)c1)C(=O)N1CCC[C@H]1C(=O)N(C)[C@@H](Cc1cnc[nH]1)C(=O)N1CCC[C@H]1C(=O)N[C@@H](Cc1c[nH]c2ccccc12)C(=O)N(C)[C@@H](Cc1ccc(Cl)cc1)C(=O)N[C@@H](CC(=O)O)C(=O)N1CCC[C@H]1C(=O)O)C(C)C. The normalized spacial score (nSPS) is 17.9. The topological polar surface area (TPSA) is 419 Å². The number of hydrogen-bond donors (Lipinski definition) is 10. The largest absolute Gasteiger partial charge is 0.485 e. The molecule has 3 aromatic heterocycles. The summed E-state index contributed by atoms with van der Waals surface area (Å²) in [4.78, 5) is 201. The van der Waals surface area contributed by atoms with E-state index in [0.717, 1.165) is 9.80 Å². The van der Waals surface area contributed by atoms with Crippen molar-refractivity contribution in [2.75, 3.05) is 61.5 Å². The Balaban J connectivity index is 1.01. The maximum absolute atomic E-state index is 16.1. The molecule has 6 aromatic rings. The van der Waals surface area contributed by atoms with Crippen molar-refractivity contribution < 1.29 is 82.0 Å². The molecule has 111 heavy (non-hydrogen) atoms. The number of halogens is 2. The molecule has 0 saturated carbocycles. The molecular weight excluding hydrogens is 1460 g/mol. The quantitative estimate of drug-likeness (QED) is 0.0277. The van der Waals surface area contributed by atoms with Gasteiger partial charge in [-0.1, -0.05) is 61.8 Å². The Labute approximate surface area is 646 Å². The number of carbonyl (C=O) groups excluding carboxylic acids is 10. The Morgan fingerprint density at radius 3 is 1.72 bits per heavy atom. The van der Waals surface area contributed by atoms with Crippen LogP contribution in [0.2, 0.25) is 5.02 Å². The Morgan fingerprint density at radius 1 is 0.613 bits per heavy atom. The molecule has 0 spiro atoms. The van der Waals surface area contributed by atoms with Crippen molar-refractivity contribution in [3.63, 3.8) is 0 Å². The van der Waals surface area contributed by atoms with Crippen molar-refractivity contribution >= 4 is 93.5 Å². The first-order valence-electron chi connectivity index (χ1n) is 37.0. The van der Waals surface area contributed by atoms with Gasteiger partial charge < -0.3 is 90.6 Å². The zero-order valence-electron chi connectivity index (χ0n) is 63.9. The molecule has 34 heteroatoms. The van der Waals surface area contributed by atoms with Gasteiger partial charge in [0.1, 0.15) is 72.1 Å². The van der Waals surface area contributed by atoms with Gasteiger partial charge in [0.2, 0.25) is 59.1 Å². The van der Waals surface area contributed by atoms with Crippen molar-refractivity contribution in [3.8, 4) is 5.75 Å². The molecule has 3 saturated heterocycles. The smallest absolute Gasteiger partial charge is 0.326 e. The van der Waals surface area contributed by atoms with Gasteiger partial charge in [-0.15, -0.1) is 0 Å². The van der Waals surface area contributed by atoms with Crippen LogP contribution in [0.4, 0.5) is 4.39 Å². The number of fused-ring (bicyclic) bond motifs is 1. The summed E-state index contributed by atoms with van der Waals surface area (Å²) in [6.07, 6.45) is 6.36. The molecule has 3 aromatic carbocycles. The lowest BCUT2D eigenvalue weighted by molar-refractivity contribution is -0.152. The zero-order chi connectivity index (χ0) is 80.9. The summed E-state index contributed by atoms with van der Waals surface area (Å²) in [5.74, 6) is -12.0. The number of benzene rings is 3. The van der Waals surface area contributed by atoms with E-state index in [0.29, 0.717) is 44.9 Å². The van der Waals surface area contributed by atoms with Gasteiger partial charge in [0.05, 0.1) is 25.7 Å². The zero-order valence-corrected chi connectivity index (χ0v) is 64.7. The lowest BCUT2D eigenvalue weighted by atomic mass is 9.98. The van der Waals surface area contributed by atoms with Crippen LogP contribution < -0.4 is 26.0 Å². The highest BCUT2D eigenvalue weighted by molar-refractivity contribution is 6.30. The first-order chi connectivity index (χ1) is 52.7. The highest BCUT2D eigenvalue weighted by Gasteiger charge is 2.48. The van der Waals surface area contributed by atoms with Crippen LogP contribution in [0.5, 0.6) is 5.75 Å². The van der Waals surface area contributed by atoms with Crippen LogP contribution in [-0.2, 0) is 89.6 Å². The van der Waals surface area contributed by atoms with Crippen molar-refractivity contribution in [1.29, 1.82) is 0 Å². The summed E-state index contributed by atoms with van der Waals surface area (Å²) in [6.45, 7) is 8.03. The third-order valence-corrected chi connectivity index (χ3v) is 21.0. The summed E-state index contributed by atoms with van der Waals surface area (Å²) in [7, 11) is 6.98. The first-order valence-corrected chi connectivity index (χ1v) is 37.4. The number of carboxylic acid groups (broad SMARTS) is 2. The number of carbonyl (C=O) groups is 12. The number of likely N-dealkylation sites (tertiary alicyclic amines) is 3. The van der Waals surface area contributed by atoms with Crippen molar-refractivity contribution in [2.24, 2.45) is 5.92 Å². The van der Waals surface area contributed by atoms with Gasteiger partial charge >= 0.3 is 11.9 Å². The van der Waals surface area contributed by atoms with E-state index in [-0.39, 0.29) is 95.2 Å². The average molecular weight is 1560 g/mol. The molecule has 0 radical (unpaired) electrons. The fourth-order valence-corrected chi connectivity index (χ4v) is 15.0. The van der Waals surface area contributed by atoms with Gasteiger partial charge in [-0.25, -0.2) is 19.2 Å². The molecule has 6 heterocycles. The van der Waals surface area contributed by atoms with E-state index < -0.39 is 168 Å². The Morgan fingerprint density at radius 2 is 1.15 bits per heavy atom. The van der Waals surface area contributed by atoms with E-state index in [4.69, 9.17) is 16.3 Å². The van der Waals surface area contributed by atoms with Crippen LogP contribution in [0.15, 0.2) is 98.0 Å². The minimum Gasteiger partial charge on any atom is -0.485 e. The number of aliphatic carboxylic acids is 2. The van der Waals surface area contributed by atoms with Gasteiger partial charge in [0.15, 0.2) is 11.6 Å². The fraction of sp³-hybridized carbons (Fsp3) is 0.506. The average Bonchev–Trinajstić information content (AvgIpc) is 1.78. The maximum Gasteiger partial charge on any atom is 0.326 e. The number of aromatic amines is 3. The molecule has 10 N–H and O–H groups in total. The molecule has 32 nitrogen and oxygen atoms in total. The number of aromatic nitrogens is 5. The van der Waals surface area contributed by atoms with E-state index in [1.54, 1.807) is 83.3 Å². The summed E-state index contributed by atoms with van der Waals surface area (Å²) in [5.41, 5.74) is 1.98. The van der Waals surface area contributed by atoms with E-state index in [1.807, 2.05) is 6.07 Å². The monoisotopic (exact) mass is 1560 g/mol. The molecule has 3 aliphatic heterocycles. The standard InChI is InChI=1S/C77H100ClFN16O16/c1-43(2)65(92(10)70(103)56(40-96)80-6)75(108)90(8)61(34-48-38-81-41-84-48)68(101)86-53(31-45-23-26-63(51(79)30-45)111-77(3,4)5)71(104)94-28-14-19-58(94)73(106)91(9)62(35-49-39-82-42-85-49)74(107)93-27-13-18-57(93)66(99)87-54(33-46-37-83-52-17-12-11-16-50(46)52)69(102)89(7)60(32-44-21-24-47(78)25-22-44)67(100)88-55(36-64(97)98)72(105)95-29-15-20-59(95)76(109)110/h11-12,16-17,21-26,30,37-39,41-43,53-62,65,80,83,96H,13-15,18-20,27-29,31-36,40H2,1-10H3,(H,81,84)(H,82,85)(H,86,101)(H,87,99)(H,88,100)(H,97,98)(H,109,110)/t53-,54-,55-,56-,57-,58-,59-,60-,61-,62-,65-/m0/s1. The van der Waals surface area contributed by atoms with Crippen LogP contribution >= 0.6 is 11.6 Å². The molecule has 0 aliphatic carbocycles. The van der Waals surface area contributed by atoms with E-state index >= 15 is 33.2 Å². The van der Waals surface area contributed by atoms with Gasteiger partial charge in [0, 0.05) is 126 Å². The fourth-order valence-electron chi connectivity index (χ4n) is 14.9. The number of nitrogens with one attached hydrogen (secondary N) is 7. The number of amides is 10. The minimum absolute atomic E-state index is 0.00145. The van der Waals surface area contributed by atoms with Gasteiger partial charge in [-0.05, 0) is 119 Å². The Bertz CT molecular complexity index is 4320. The summed E-state index contributed by atoms with van der Waals surface area (Å²) in [5, 5.41) is 42.1. The molecule has 598 valence electrons. The highest BCUT2D eigenvalue weighted by atomic mass is 35.5. The molecule has 9 rings (SSSR count). The molecule has 11 atom stereocenters. The minimum atomic E-state index is -1.77. The van der Waals surface area contributed by atoms with Crippen molar-refractivity contribution in [3.05, 3.63) is 137 Å². The molecular formula is C77H100ClFN16O16. The molecule has 10 amide bonds. The molecule has 3 fully saturated rings. The number of hydrogen-bond acceptors (Lipinski definition) is 17. The Kier molecular flexibility index (Phi) is 28.3. The van der Waals surface area contributed by atoms with Crippen LogP contribution in [0, 0.1) is 11.7 Å². The van der Waals surface area contributed by atoms with Crippen molar-refractivity contribution in [2.45, 2.75) is 184 Å². The molecule has 3 aliphatic rings. The summed E-state index contributed by atoms with van der Waals surface area (Å²) in [6, 6.07) is 2.40. The number of ether oxygens (including phenoxy) is 1. The number of rotatable bonds is 34. The highest BCUT2D eigenvalue weighted by Crippen LogP contribution is 2.30. The van der Waals surface area contributed by atoms with Crippen LogP contribution in [0.1, 0.15) is 108 Å². The molecule has 0 bridgehead atoms. The van der Waals surface area contributed by atoms with E-state index in [1.165, 1.54) is 103 Å². The van der Waals surface area contributed by atoms with E-state index in [9.17, 15) is 44.1 Å². The number of H-pyrrole nitrogens is 3. The van der Waals surface area contributed by atoms with Crippen LogP contribution in [0.25, 0.3) is 10.9 Å². The maximum atomic E-state index is 16.1. The van der Waals surface area contributed by atoms with Crippen LogP contribution in [-0.4, -0.2) is 279 Å². The number of imidazole rings is 2. The predicted octanol–water partition coefficient (Wildman–Crippen LogP) is 2.63. The Hall–Kier alpha value is -10.8. The second-order valence-corrected chi connectivity index (χ2v) is 30.3. The van der Waals surface area contributed by atoms with Crippen molar-refractivity contribution in [1.82, 2.24) is 80.5 Å². The third-order valence-electron chi connectivity index (χ3n) is 20.7. The third kappa shape index (κ3) is 20.6. The predicted molar refractivity (Wildman–Crippen MR) is 403 cm³/mol. The second-order valence-electron chi connectivity index (χ2n) is 29.9. The second kappa shape index (κ2) is 37.3.